The summed E-state index contributed by atoms with van der Waals surface area (Å²) in [6.45, 7) is 2.66. The fourth-order valence-electron chi connectivity index (χ4n) is 3.00. The van der Waals surface area contributed by atoms with Gasteiger partial charge in [-0.3, -0.25) is 0 Å². The van der Waals surface area contributed by atoms with E-state index in [0.29, 0.717) is 18.2 Å². The van der Waals surface area contributed by atoms with Gasteiger partial charge in [0.1, 0.15) is 0 Å². The molecular weight excluding hydrogens is 244 g/mol. The minimum Gasteiger partial charge on any atom is -0.310 e. The molecule has 1 fully saturated rings. The Bertz CT molecular complexity index is 398. The quantitative estimate of drug-likeness (QED) is 0.833. The molecule has 0 amide bonds. The lowest BCUT2D eigenvalue weighted by Crippen LogP contribution is -2.33. The van der Waals surface area contributed by atoms with Crippen molar-refractivity contribution in [2.24, 2.45) is 5.92 Å². The van der Waals surface area contributed by atoms with Crippen molar-refractivity contribution in [3.63, 3.8) is 0 Å². The third kappa shape index (κ3) is 4.00. The largest absolute Gasteiger partial charge is 0.310 e. The fourth-order valence-corrected chi connectivity index (χ4v) is 3.00. The van der Waals surface area contributed by atoms with Crippen LogP contribution in [0.5, 0.6) is 0 Å². The van der Waals surface area contributed by atoms with Gasteiger partial charge in [-0.1, -0.05) is 31.9 Å². The second kappa shape index (κ2) is 6.99. The zero-order valence-corrected chi connectivity index (χ0v) is 11.6. The Balaban J connectivity index is 1.79. The third-order valence-electron chi connectivity index (χ3n) is 4.16. The number of nitrogens with one attached hydrogen (secondary N) is 1. The zero-order chi connectivity index (χ0) is 13.7. The van der Waals surface area contributed by atoms with Crippen molar-refractivity contribution >= 4 is 0 Å². The fraction of sp³-hybridized carbons (Fsp3) is 0.625. The first-order valence-corrected chi connectivity index (χ1v) is 7.37. The molecule has 0 bridgehead atoms. The summed E-state index contributed by atoms with van der Waals surface area (Å²) in [5.41, 5.74) is 0.427. The Hall–Kier alpha value is -0.960. The predicted molar refractivity (Wildman–Crippen MR) is 73.9 cm³/mol. The molecule has 0 aromatic heterocycles. The molecule has 1 N–H and O–H groups in total. The molecule has 2 rings (SSSR count). The molecule has 1 nitrogen and oxygen atoms in total. The summed E-state index contributed by atoms with van der Waals surface area (Å²) >= 11 is 0. The molecular formula is C16H23F2N. The highest BCUT2D eigenvalue weighted by Gasteiger charge is 2.20. The van der Waals surface area contributed by atoms with E-state index in [0.717, 1.165) is 24.8 Å². The van der Waals surface area contributed by atoms with E-state index in [1.165, 1.54) is 25.7 Å². The average molecular weight is 267 g/mol. The van der Waals surface area contributed by atoms with Crippen molar-refractivity contribution < 1.29 is 8.78 Å². The molecule has 0 heterocycles. The molecule has 0 unspecified atom stereocenters. The van der Waals surface area contributed by atoms with Crippen molar-refractivity contribution in [3.8, 4) is 0 Å². The van der Waals surface area contributed by atoms with Gasteiger partial charge < -0.3 is 5.32 Å². The van der Waals surface area contributed by atoms with Gasteiger partial charge in [0.05, 0.1) is 0 Å². The summed E-state index contributed by atoms with van der Waals surface area (Å²) in [7, 11) is 0. The zero-order valence-electron chi connectivity index (χ0n) is 11.6. The number of hydrogen-bond acceptors (Lipinski definition) is 1. The van der Waals surface area contributed by atoms with Crippen LogP contribution < -0.4 is 5.32 Å². The second-order valence-electron chi connectivity index (χ2n) is 5.60. The van der Waals surface area contributed by atoms with E-state index in [4.69, 9.17) is 0 Å². The van der Waals surface area contributed by atoms with Crippen LogP contribution in [0.3, 0.4) is 0 Å². The number of benzene rings is 1. The van der Waals surface area contributed by atoms with E-state index in [1.54, 1.807) is 12.1 Å². The number of hydrogen-bond donors (Lipinski definition) is 1. The summed E-state index contributed by atoms with van der Waals surface area (Å²) in [4.78, 5) is 0. The van der Waals surface area contributed by atoms with Gasteiger partial charge in [-0.05, 0) is 37.7 Å². The van der Waals surface area contributed by atoms with E-state index in [-0.39, 0.29) is 0 Å². The summed E-state index contributed by atoms with van der Waals surface area (Å²) in [6, 6.07) is 4.83. The Morgan fingerprint density at radius 2 is 1.89 bits per heavy atom. The van der Waals surface area contributed by atoms with Gasteiger partial charge in [0.15, 0.2) is 11.6 Å². The normalized spacial score (nSPS) is 23.5. The third-order valence-corrected chi connectivity index (χ3v) is 4.16. The molecule has 0 aliphatic heterocycles. The lowest BCUT2D eigenvalue weighted by Gasteiger charge is -2.29. The Labute approximate surface area is 114 Å². The standard InChI is InChI=1S/C16H23F2N/c1-2-4-12-7-9-14(10-8-12)19-11-13-5-3-6-15(17)16(13)18/h3,5-6,12,14,19H,2,4,7-11H2,1H3. The molecule has 3 heteroatoms. The SMILES string of the molecule is CCCC1CCC(NCc2cccc(F)c2F)CC1. The summed E-state index contributed by atoms with van der Waals surface area (Å²) in [5, 5.41) is 3.36. The Morgan fingerprint density at radius 1 is 1.16 bits per heavy atom. The van der Waals surface area contributed by atoms with Crippen LogP contribution in [0.15, 0.2) is 18.2 Å². The first-order valence-electron chi connectivity index (χ1n) is 7.37. The highest BCUT2D eigenvalue weighted by atomic mass is 19.2. The summed E-state index contributed by atoms with van der Waals surface area (Å²) in [6.07, 6.45) is 7.42. The van der Waals surface area contributed by atoms with Crippen molar-refractivity contribution in [2.45, 2.75) is 58.0 Å². The summed E-state index contributed by atoms with van der Waals surface area (Å²) in [5.74, 6) is -0.602. The Kier molecular flexibility index (Phi) is 5.32. The highest BCUT2D eigenvalue weighted by Crippen LogP contribution is 2.27. The predicted octanol–water partition coefficient (Wildman–Crippen LogP) is 4.41. The van der Waals surface area contributed by atoms with Crippen molar-refractivity contribution in [1.29, 1.82) is 0 Å². The maximum atomic E-state index is 13.5. The minimum absolute atomic E-state index is 0.423. The number of halogens is 2. The van der Waals surface area contributed by atoms with Crippen LogP contribution in [0.4, 0.5) is 8.78 Å². The van der Waals surface area contributed by atoms with E-state index in [9.17, 15) is 8.78 Å². The minimum atomic E-state index is -0.758. The van der Waals surface area contributed by atoms with Gasteiger partial charge in [0.2, 0.25) is 0 Å². The topological polar surface area (TPSA) is 12.0 Å². The van der Waals surface area contributed by atoms with Crippen LogP contribution in [0.2, 0.25) is 0 Å². The maximum absolute atomic E-state index is 13.5. The lowest BCUT2D eigenvalue weighted by atomic mass is 9.83. The molecule has 0 spiro atoms. The smallest absolute Gasteiger partial charge is 0.163 e. The molecule has 19 heavy (non-hydrogen) atoms. The van der Waals surface area contributed by atoms with Crippen LogP contribution >= 0.6 is 0 Å². The van der Waals surface area contributed by atoms with E-state index in [1.807, 2.05) is 0 Å². The Morgan fingerprint density at radius 3 is 2.58 bits per heavy atom. The van der Waals surface area contributed by atoms with Gasteiger partial charge >= 0.3 is 0 Å². The van der Waals surface area contributed by atoms with Gasteiger partial charge in [-0.2, -0.15) is 0 Å². The number of rotatable bonds is 5. The van der Waals surface area contributed by atoms with Crippen LogP contribution in [-0.4, -0.2) is 6.04 Å². The van der Waals surface area contributed by atoms with Gasteiger partial charge in [-0.15, -0.1) is 0 Å². The van der Waals surface area contributed by atoms with Gasteiger partial charge in [-0.25, -0.2) is 8.78 Å². The molecule has 1 aliphatic rings. The van der Waals surface area contributed by atoms with Crippen LogP contribution in [0.1, 0.15) is 51.0 Å². The lowest BCUT2D eigenvalue weighted by molar-refractivity contribution is 0.277. The summed E-state index contributed by atoms with van der Waals surface area (Å²) < 4.78 is 26.6. The maximum Gasteiger partial charge on any atom is 0.163 e. The second-order valence-corrected chi connectivity index (χ2v) is 5.60. The van der Waals surface area contributed by atoms with Crippen molar-refractivity contribution in [3.05, 3.63) is 35.4 Å². The molecule has 0 saturated heterocycles. The van der Waals surface area contributed by atoms with E-state index < -0.39 is 11.6 Å². The monoisotopic (exact) mass is 267 g/mol. The molecule has 1 aromatic carbocycles. The van der Waals surface area contributed by atoms with Crippen molar-refractivity contribution in [1.82, 2.24) is 5.32 Å². The molecule has 1 saturated carbocycles. The van der Waals surface area contributed by atoms with E-state index >= 15 is 0 Å². The molecule has 0 atom stereocenters. The molecule has 1 aliphatic carbocycles. The first-order chi connectivity index (χ1) is 9.20. The average Bonchev–Trinajstić information content (AvgIpc) is 2.42. The van der Waals surface area contributed by atoms with Crippen LogP contribution in [-0.2, 0) is 6.54 Å². The highest BCUT2D eigenvalue weighted by molar-refractivity contribution is 5.18. The van der Waals surface area contributed by atoms with Crippen LogP contribution in [0, 0.1) is 17.6 Å². The van der Waals surface area contributed by atoms with Crippen molar-refractivity contribution in [2.75, 3.05) is 0 Å². The molecule has 106 valence electrons. The molecule has 1 aromatic rings. The molecule has 0 radical (unpaired) electrons. The van der Waals surface area contributed by atoms with Gasteiger partial charge in [0.25, 0.3) is 0 Å². The van der Waals surface area contributed by atoms with Gasteiger partial charge in [0, 0.05) is 18.2 Å². The first kappa shape index (κ1) is 14.4. The van der Waals surface area contributed by atoms with E-state index in [2.05, 4.69) is 12.2 Å². The van der Waals surface area contributed by atoms with Crippen LogP contribution in [0.25, 0.3) is 0 Å².